The third-order valence-electron chi connectivity index (χ3n) is 6.14. The van der Waals surface area contributed by atoms with Gasteiger partial charge in [-0.3, -0.25) is 0 Å². The first-order valence-electron chi connectivity index (χ1n) is 11.0. The van der Waals surface area contributed by atoms with Crippen LogP contribution in [-0.4, -0.2) is 58.4 Å². The number of anilines is 1. The average molecular weight is 621 g/mol. The molecule has 0 saturated carbocycles. The van der Waals surface area contributed by atoms with E-state index in [0.717, 1.165) is 0 Å². The van der Waals surface area contributed by atoms with Crippen molar-refractivity contribution in [2.24, 2.45) is 5.73 Å². The number of alkyl halides is 12. The molecule has 5 N–H and O–H groups in total. The number of halogens is 12. The fraction of sp³-hybridized carbons (Fsp3) is 0.217. The molecule has 44 heavy (non-hydrogen) atoms. The highest BCUT2D eigenvalue weighted by Crippen LogP contribution is 2.51. The number of rotatable bonds is 4. The quantitative estimate of drug-likeness (QED) is 0.159. The van der Waals surface area contributed by atoms with Crippen molar-refractivity contribution >= 4 is 74.6 Å². The van der Waals surface area contributed by atoms with Crippen LogP contribution in [0.15, 0.2) is 22.2 Å². The third kappa shape index (κ3) is 6.58. The SMILES string of the molecule is [B]/C(C#C)=C(N)/C([B])=C(\Cc1c([B])c(C(F)(F)F)c(-c2c([B])c([B])c(N)c([B])c2C(F)(F)F)c(O)c1C(F)(F)F)C(F)(F)F. The van der Waals surface area contributed by atoms with Crippen molar-refractivity contribution in [3.05, 3.63) is 44.5 Å². The molecule has 0 aliphatic carbocycles. The number of aromatic hydroxyl groups is 1. The molecule has 2 aromatic rings. The van der Waals surface area contributed by atoms with Gasteiger partial charge in [0, 0.05) is 28.9 Å². The Bertz CT molecular complexity index is 1630. The summed E-state index contributed by atoms with van der Waals surface area (Å²) >= 11 is 0. The molecule has 2 aromatic carbocycles. The van der Waals surface area contributed by atoms with E-state index in [-0.39, 0.29) is 0 Å². The van der Waals surface area contributed by atoms with Crippen molar-refractivity contribution in [3.8, 4) is 29.2 Å². The van der Waals surface area contributed by atoms with Gasteiger partial charge < -0.3 is 16.6 Å². The molecule has 0 fully saturated rings. The van der Waals surface area contributed by atoms with E-state index in [1.165, 1.54) is 0 Å². The predicted molar refractivity (Wildman–Crippen MR) is 143 cm³/mol. The molecule has 0 heterocycles. The average Bonchev–Trinajstić information content (AvgIpc) is 2.85. The Hall–Kier alpha value is -3.57. The summed E-state index contributed by atoms with van der Waals surface area (Å²) in [6, 6.07) is 0. The summed E-state index contributed by atoms with van der Waals surface area (Å²) < 4.78 is 171. The highest BCUT2D eigenvalue weighted by Gasteiger charge is 2.48. The normalized spacial score (nSPS) is 14.2. The summed E-state index contributed by atoms with van der Waals surface area (Å²) in [5.41, 5.74) is -17.4. The number of nitrogen functional groups attached to an aromatic ring is 1. The minimum absolute atomic E-state index is 0.962. The van der Waals surface area contributed by atoms with E-state index in [2.05, 4.69) is 0 Å². The van der Waals surface area contributed by atoms with Crippen LogP contribution in [0.2, 0.25) is 0 Å². The van der Waals surface area contributed by atoms with Gasteiger partial charge in [0.1, 0.15) is 58.4 Å². The van der Waals surface area contributed by atoms with E-state index in [1.807, 2.05) is 0 Å². The second-order valence-corrected chi connectivity index (χ2v) is 8.80. The standard InChI is InChI=1S/C23H8B6F12N2O/c1-2-6(24)17(42)13(26)5(20(30,31)32)3-4-9(21(33,34)35)19(44)8(11(12(4)25)23(39,40)41)7-10(22(36,37)38)15(28)18(43)16(29)14(7)27/h1,44H,3,42-43H2/b13-5-,17-6-. The Labute approximate surface area is 248 Å². The second-order valence-electron chi connectivity index (χ2n) is 8.80. The van der Waals surface area contributed by atoms with E-state index in [9.17, 15) is 57.8 Å². The van der Waals surface area contributed by atoms with Gasteiger partial charge in [-0.1, -0.05) is 33.2 Å². The zero-order valence-electron chi connectivity index (χ0n) is 21.4. The molecule has 0 aliphatic rings. The summed E-state index contributed by atoms with van der Waals surface area (Å²) in [7, 11) is 32.1. The molecule has 2 rings (SSSR count). The van der Waals surface area contributed by atoms with Gasteiger partial charge in [0.25, 0.3) is 0 Å². The molecular formula is C23H8B6F12N2O. The maximum Gasteiger partial charge on any atom is 0.420 e. The lowest BCUT2D eigenvalue weighted by Gasteiger charge is -2.30. The van der Waals surface area contributed by atoms with Gasteiger partial charge in [0.15, 0.2) is 0 Å². The lowest BCUT2D eigenvalue weighted by molar-refractivity contribution is -0.142. The fourth-order valence-electron chi connectivity index (χ4n) is 4.13. The third-order valence-corrected chi connectivity index (χ3v) is 6.14. The maximum absolute atomic E-state index is 14.4. The zero-order chi connectivity index (χ0) is 34.7. The van der Waals surface area contributed by atoms with Crippen LogP contribution in [0.3, 0.4) is 0 Å². The van der Waals surface area contributed by atoms with Crippen molar-refractivity contribution in [1.29, 1.82) is 0 Å². The van der Waals surface area contributed by atoms with E-state index in [4.69, 9.17) is 65.0 Å². The molecule has 0 amide bonds. The summed E-state index contributed by atoms with van der Waals surface area (Å²) in [6.45, 7) is 0. The van der Waals surface area contributed by atoms with E-state index >= 15 is 0 Å². The summed E-state index contributed by atoms with van der Waals surface area (Å²) in [6.07, 6.45) is -21.2. The molecule has 0 bridgehead atoms. The minimum Gasteiger partial charge on any atom is -0.507 e. The van der Waals surface area contributed by atoms with Gasteiger partial charge in [-0.15, -0.1) is 6.42 Å². The van der Waals surface area contributed by atoms with Crippen molar-refractivity contribution in [1.82, 2.24) is 0 Å². The van der Waals surface area contributed by atoms with Gasteiger partial charge in [-0.2, -0.15) is 52.7 Å². The van der Waals surface area contributed by atoms with Crippen LogP contribution in [0, 0.1) is 12.3 Å². The maximum atomic E-state index is 14.4. The molecule has 0 spiro atoms. The van der Waals surface area contributed by atoms with Crippen molar-refractivity contribution in [3.63, 3.8) is 0 Å². The highest BCUT2D eigenvalue weighted by molar-refractivity contribution is 6.56. The number of phenols is 1. The first kappa shape index (κ1) is 36.6. The van der Waals surface area contributed by atoms with Crippen LogP contribution in [0.4, 0.5) is 58.4 Å². The molecular weight excluding hydrogens is 613 g/mol. The number of benzene rings is 2. The largest absolute Gasteiger partial charge is 0.507 e. The molecule has 0 aliphatic heterocycles. The number of terminal acetylenes is 1. The van der Waals surface area contributed by atoms with Gasteiger partial charge in [0.2, 0.25) is 0 Å². The van der Waals surface area contributed by atoms with Crippen molar-refractivity contribution in [2.75, 3.05) is 5.73 Å². The van der Waals surface area contributed by atoms with Crippen LogP contribution in [0.5, 0.6) is 5.75 Å². The fourth-order valence-corrected chi connectivity index (χ4v) is 4.13. The molecule has 12 radical (unpaired) electrons. The van der Waals surface area contributed by atoms with Gasteiger partial charge in [-0.05, 0) is 16.6 Å². The molecule has 218 valence electrons. The second kappa shape index (κ2) is 11.7. The van der Waals surface area contributed by atoms with Crippen LogP contribution in [-0.2, 0) is 24.9 Å². The molecule has 21 heteroatoms. The summed E-state index contributed by atoms with van der Waals surface area (Å²) in [4.78, 5) is 0. The molecule has 0 aromatic heterocycles. The Kier molecular flexibility index (Phi) is 9.77. The van der Waals surface area contributed by atoms with E-state index in [0.29, 0.717) is 0 Å². The number of phenolic OH excluding ortho intramolecular Hbond substituents is 1. The van der Waals surface area contributed by atoms with Gasteiger partial charge in [-0.25, -0.2) is 0 Å². The molecule has 3 nitrogen and oxygen atoms in total. The zero-order valence-corrected chi connectivity index (χ0v) is 21.4. The predicted octanol–water partition coefficient (Wildman–Crippen LogP) is 1.37. The van der Waals surface area contributed by atoms with E-state index < -0.39 is 120 Å². The lowest BCUT2D eigenvalue weighted by Crippen LogP contribution is -2.41. The van der Waals surface area contributed by atoms with Crippen LogP contribution < -0.4 is 33.3 Å². The number of hydrogen-bond acceptors (Lipinski definition) is 3. The van der Waals surface area contributed by atoms with Gasteiger partial charge in [0.05, 0.1) is 11.1 Å². The Morgan fingerprint density at radius 3 is 1.52 bits per heavy atom. The molecule has 0 unspecified atom stereocenters. The molecule has 0 atom stereocenters. The van der Waals surface area contributed by atoms with Gasteiger partial charge >= 0.3 is 24.7 Å². The van der Waals surface area contributed by atoms with Crippen LogP contribution in [0.1, 0.15) is 22.3 Å². The van der Waals surface area contributed by atoms with Crippen LogP contribution in [0.25, 0.3) is 11.1 Å². The summed E-state index contributed by atoms with van der Waals surface area (Å²) in [5, 5.41) is 10.7. The smallest absolute Gasteiger partial charge is 0.420 e. The minimum atomic E-state index is -6.10. The Morgan fingerprint density at radius 1 is 0.705 bits per heavy atom. The first-order chi connectivity index (χ1) is 19.6. The number of nitrogens with two attached hydrogens (primary N) is 2. The number of allylic oxidation sites excluding steroid dienone is 3. The monoisotopic (exact) mass is 622 g/mol. The summed E-state index contributed by atoms with van der Waals surface area (Å²) in [5.74, 6) is -1.09. The van der Waals surface area contributed by atoms with Crippen molar-refractivity contribution < 1.29 is 57.8 Å². The van der Waals surface area contributed by atoms with E-state index in [1.54, 1.807) is 5.92 Å². The number of hydrogen-bond donors (Lipinski definition) is 3. The first-order valence-corrected chi connectivity index (χ1v) is 11.0. The highest BCUT2D eigenvalue weighted by atomic mass is 19.4. The Balaban J connectivity index is 3.42. The molecule has 0 saturated heterocycles. The Morgan fingerprint density at radius 2 is 1.14 bits per heavy atom. The van der Waals surface area contributed by atoms with Crippen molar-refractivity contribution in [2.45, 2.75) is 31.1 Å². The topological polar surface area (TPSA) is 72.3 Å². The lowest BCUT2D eigenvalue weighted by atomic mass is 9.66. The van der Waals surface area contributed by atoms with Crippen LogP contribution >= 0.6 is 0 Å².